The zero-order valence-electron chi connectivity index (χ0n) is 7.84. The van der Waals surface area contributed by atoms with Gasteiger partial charge in [0.2, 0.25) is 0 Å². The second-order valence-corrected chi connectivity index (χ2v) is 3.19. The Morgan fingerprint density at radius 3 is 3.00 bits per heavy atom. The Morgan fingerprint density at radius 1 is 1.42 bits per heavy atom. The highest BCUT2D eigenvalue weighted by molar-refractivity contribution is 4.68. The summed E-state index contributed by atoms with van der Waals surface area (Å²) in [5.74, 6) is 0. The van der Waals surface area contributed by atoms with Crippen molar-refractivity contribution in [2.45, 2.75) is 25.4 Å². The second-order valence-electron chi connectivity index (χ2n) is 3.19. The molecule has 1 saturated heterocycles. The van der Waals surface area contributed by atoms with Crippen molar-refractivity contribution in [3.05, 3.63) is 0 Å². The van der Waals surface area contributed by atoms with Crippen LogP contribution in [0.1, 0.15) is 19.3 Å². The first kappa shape index (κ1) is 9.96. The van der Waals surface area contributed by atoms with Gasteiger partial charge in [-0.15, -0.1) is 0 Å². The highest BCUT2D eigenvalue weighted by atomic mass is 16.5. The summed E-state index contributed by atoms with van der Waals surface area (Å²) in [5, 5.41) is 3.32. The molecule has 1 N–H and O–H groups in total. The molecule has 0 aromatic heterocycles. The monoisotopic (exact) mass is 173 g/mol. The summed E-state index contributed by atoms with van der Waals surface area (Å²) in [4.78, 5) is 0. The van der Waals surface area contributed by atoms with Gasteiger partial charge in [0.05, 0.1) is 6.10 Å². The Kier molecular flexibility index (Phi) is 5.32. The number of hydrogen-bond acceptors (Lipinski definition) is 3. The minimum Gasteiger partial charge on any atom is -0.385 e. The fourth-order valence-electron chi connectivity index (χ4n) is 1.42. The highest BCUT2D eigenvalue weighted by Crippen LogP contribution is 2.05. The Balaban J connectivity index is 1.91. The summed E-state index contributed by atoms with van der Waals surface area (Å²) in [6, 6.07) is 0. The topological polar surface area (TPSA) is 30.5 Å². The third-order valence-electron chi connectivity index (χ3n) is 2.10. The van der Waals surface area contributed by atoms with E-state index in [1.807, 2.05) is 0 Å². The molecule has 0 unspecified atom stereocenters. The molecule has 1 rings (SSSR count). The van der Waals surface area contributed by atoms with Crippen LogP contribution in [0, 0.1) is 0 Å². The van der Waals surface area contributed by atoms with Crippen molar-refractivity contribution in [1.82, 2.24) is 5.32 Å². The van der Waals surface area contributed by atoms with Crippen LogP contribution in [0.5, 0.6) is 0 Å². The molecule has 1 aliphatic rings. The summed E-state index contributed by atoms with van der Waals surface area (Å²) >= 11 is 0. The molecule has 0 aromatic carbocycles. The van der Waals surface area contributed by atoms with Crippen molar-refractivity contribution in [3.8, 4) is 0 Å². The molecule has 3 heteroatoms. The highest BCUT2D eigenvalue weighted by Gasteiger charge is 2.12. The fourth-order valence-corrected chi connectivity index (χ4v) is 1.42. The lowest BCUT2D eigenvalue weighted by molar-refractivity contribution is 0.0259. The molecular weight excluding hydrogens is 154 g/mol. The lowest BCUT2D eigenvalue weighted by atomic mass is 10.1. The van der Waals surface area contributed by atoms with E-state index in [0.717, 1.165) is 32.7 Å². The Morgan fingerprint density at radius 2 is 2.33 bits per heavy atom. The van der Waals surface area contributed by atoms with Crippen LogP contribution in [0.4, 0.5) is 0 Å². The molecule has 1 aliphatic heterocycles. The number of rotatable bonds is 5. The maximum absolute atomic E-state index is 5.64. The first-order valence-electron chi connectivity index (χ1n) is 4.74. The maximum atomic E-state index is 5.64. The van der Waals surface area contributed by atoms with Crippen LogP contribution in [0.3, 0.4) is 0 Å². The lowest BCUT2D eigenvalue weighted by Crippen LogP contribution is -2.35. The van der Waals surface area contributed by atoms with Crippen LogP contribution in [0.25, 0.3) is 0 Å². The fraction of sp³-hybridized carbons (Fsp3) is 1.00. The van der Waals surface area contributed by atoms with E-state index in [4.69, 9.17) is 9.47 Å². The van der Waals surface area contributed by atoms with Gasteiger partial charge in [0.1, 0.15) is 0 Å². The van der Waals surface area contributed by atoms with E-state index < -0.39 is 0 Å². The Labute approximate surface area is 74.4 Å². The van der Waals surface area contributed by atoms with Crippen LogP contribution < -0.4 is 5.32 Å². The average molecular weight is 173 g/mol. The predicted octanol–water partition coefficient (Wildman–Crippen LogP) is 0.791. The van der Waals surface area contributed by atoms with Crippen LogP contribution in [0.15, 0.2) is 0 Å². The third kappa shape index (κ3) is 4.04. The van der Waals surface area contributed by atoms with Crippen molar-refractivity contribution < 1.29 is 9.47 Å². The van der Waals surface area contributed by atoms with E-state index in [0.29, 0.717) is 6.10 Å². The Hall–Kier alpha value is -0.120. The van der Waals surface area contributed by atoms with Gasteiger partial charge in [-0.1, -0.05) is 0 Å². The van der Waals surface area contributed by atoms with Crippen molar-refractivity contribution in [1.29, 1.82) is 0 Å². The molecule has 0 saturated carbocycles. The quantitative estimate of drug-likeness (QED) is 0.624. The van der Waals surface area contributed by atoms with Gasteiger partial charge in [-0.3, -0.25) is 0 Å². The molecule has 12 heavy (non-hydrogen) atoms. The van der Waals surface area contributed by atoms with E-state index in [1.54, 1.807) is 7.11 Å². The van der Waals surface area contributed by atoms with Crippen molar-refractivity contribution in [2.24, 2.45) is 0 Å². The van der Waals surface area contributed by atoms with Gasteiger partial charge in [0, 0.05) is 26.9 Å². The summed E-state index contributed by atoms with van der Waals surface area (Å²) in [6.07, 6.45) is 3.90. The van der Waals surface area contributed by atoms with Crippen LogP contribution >= 0.6 is 0 Å². The zero-order chi connectivity index (χ0) is 8.65. The van der Waals surface area contributed by atoms with Gasteiger partial charge >= 0.3 is 0 Å². The zero-order valence-corrected chi connectivity index (χ0v) is 7.84. The molecule has 0 aliphatic carbocycles. The summed E-state index contributed by atoms with van der Waals surface area (Å²) in [5.41, 5.74) is 0. The van der Waals surface area contributed by atoms with Gasteiger partial charge in [0.25, 0.3) is 0 Å². The Bertz CT molecular complexity index is 103. The first-order valence-corrected chi connectivity index (χ1v) is 4.74. The molecule has 72 valence electrons. The average Bonchev–Trinajstić information content (AvgIpc) is 2.14. The molecular formula is C9H19NO2. The first-order chi connectivity index (χ1) is 5.93. The summed E-state index contributed by atoms with van der Waals surface area (Å²) < 4.78 is 10.6. The molecule has 3 nitrogen and oxygen atoms in total. The van der Waals surface area contributed by atoms with Crippen LogP contribution in [-0.4, -0.2) is 39.5 Å². The van der Waals surface area contributed by atoms with Gasteiger partial charge in [-0.2, -0.15) is 0 Å². The van der Waals surface area contributed by atoms with Gasteiger partial charge in [-0.05, 0) is 25.8 Å². The van der Waals surface area contributed by atoms with Crippen LogP contribution in [-0.2, 0) is 9.47 Å². The standard InChI is InChI=1S/C9H19NO2/c1-11-6-3-7-12-9-4-2-5-10-8-9/h9-10H,2-8H2,1H3/t9-/m1/s1. The molecule has 1 heterocycles. The molecule has 0 radical (unpaired) electrons. The minimum absolute atomic E-state index is 0.440. The molecule has 1 fully saturated rings. The van der Waals surface area contributed by atoms with E-state index >= 15 is 0 Å². The number of ether oxygens (including phenoxy) is 2. The van der Waals surface area contributed by atoms with Crippen molar-refractivity contribution >= 4 is 0 Å². The molecule has 0 aromatic rings. The van der Waals surface area contributed by atoms with E-state index in [1.165, 1.54) is 12.8 Å². The second kappa shape index (κ2) is 6.40. The van der Waals surface area contributed by atoms with Gasteiger partial charge in [0.15, 0.2) is 0 Å². The SMILES string of the molecule is COCCCO[C@@H]1CCCNC1. The minimum atomic E-state index is 0.440. The molecule has 0 amide bonds. The number of nitrogens with one attached hydrogen (secondary N) is 1. The number of methoxy groups -OCH3 is 1. The normalized spacial score (nSPS) is 24.2. The molecule has 1 atom stereocenters. The van der Waals surface area contributed by atoms with Crippen LogP contribution in [0.2, 0.25) is 0 Å². The van der Waals surface area contributed by atoms with E-state index in [2.05, 4.69) is 5.32 Å². The smallest absolute Gasteiger partial charge is 0.0699 e. The molecule has 0 bridgehead atoms. The molecule has 0 spiro atoms. The largest absolute Gasteiger partial charge is 0.385 e. The summed E-state index contributed by atoms with van der Waals surface area (Å²) in [7, 11) is 1.72. The predicted molar refractivity (Wildman–Crippen MR) is 48.3 cm³/mol. The van der Waals surface area contributed by atoms with Gasteiger partial charge < -0.3 is 14.8 Å². The maximum Gasteiger partial charge on any atom is 0.0699 e. The summed E-state index contributed by atoms with van der Waals surface area (Å²) in [6.45, 7) is 3.81. The number of piperidine rings is 1. The third-order valence-corrected chi connectivity index (χ3v) is 2.10. The van der Waals surface area contributed by atoms with E-state index in [9.17, 15) is 0 Å². The number of hydrogen-bond donors (Lipinski definition) is 1. The van der Waals surface area contributed by atoms with E-state index in [-0.39, 0.29) is 0 Å². The van der Waals surface area contributed by atoms with Crippen molar-refractivity contribution in [2.75, 3.05) is 33.4 Å². The lowest BCUT2D eigenvalue weighted by Gasteiger charge is -2.22. The van der Waals surface area contributed by atoms with Gasteiger partial charge in [-0.25, -0.2) is 0 Å². The van der Waals surface area contributed by atoms with Crippen molar-refractivity contribution in [3.63, 3.8) is 0 Å².